The lowest BCUT2D eigenvalue weighted by molar-refractivity contribution is -0.144. The fraction of sp³-hybridized carbons (Fsp3) is 0.447. The van der Waals surface area contributed by atoms with E-state index in [1.807, 2.05) is 32.2 Å². The summed E-state index contributed by atoms with van der Waals surface area (Å²) in [6.07, 6.45) is 7.47. The maximum absolute atomic E-state index is 14.0. The Morgan fingerprint density at radius 1 is 1.04 bits per heavy atom. The van der Waals surface area contributed by atoms with Crippen LogP contribution in [0.15, 0.2) is 54.7 Å². The average Bonchev–Trinajstić information content (AvgIpc) is 3.42. The van der Waals surface area contributed by atoms with Crippen molar-refractivity contribution in [3.63, 3.8) is 0 Å². The third-order valence-electron chi connectivity index (χ3n) is 10.1. The van der Waals surface area contributed by atoms with Gasteiger partial charge in [0.25, 0.3) is 0 Å². The van der Waals surface area contributed by atoms with Crippen LogP contribution < -0.4 is 5.32 Å². The summed E-state index contributed by atoms with van der Waals surface area (Å²) in [5, 5.41) is 13.9. The number of fused-ring (bicyclic) bond motifs is 4. The van der Waals surface area contributed by atoms with Crippen molar-refractivity contribution in [3.05, 3.63) is 88.2 Å². The normalized spacial score (nSPS) is 18.8. The van der Waals surface area contributed by atoms with Gasteiger partial charge in [-0.1, -0.05) is 36.2 Å². The first-order chi connectivity index (χ1) is 21.5. The highest BCUT2D eigenvalue weighted by molar-refractivity contribution is 5.94. The maximum Gasteiger partial charge on any atom is 0.335 e. The zero-order chi connectivity index (χ0) is 31.9. The molecule has 1 aliphatic carbocycles. The summed E-state index contributed by atoms with van der Waals surface area (Å²) in [6, 6.07) is 16.3. The van der Waals surface area contributed by atoms with Gasteiger partial charge >= 0.3 is 5.97 Å². The molecule has 0 spiro atoms. The highest BCUT2D eigenvalue weighted by Gasteiger charge is 2.43. The molecular weight excluding hydrogens is 560 g/mol. The number of pyridine rings is 1. The molecule has 7 rings (SSSR count). The number of aromatic amines is 1. The number of aromatic nitrogens is 2. The number of hydrogen-bond acceptors (Lipinski definition) is 4. The number of benzene rings is 2. The molecule has 0 radical (unpaired) electrons. The van der Waals surface area contributed by atoms with E-state index in [0.29, 0.717) is 17.5 Å². The van der Waals surface area contributed by atoms with Gasteiger partial charge in [0.1, 0.15) is 0 Å². The largest absolute Gasteiger partial charge is 0.478 e. The van der Waals surface area contributed by atoms with Crippen molar-refractivity contribution in [2.75, 3.05) is 19.6 Å². The Morgan fingerprint density at radius 2 is 1.73 bits per heavy atom. The number of amides is 1. The molecule has 1 saturated carbocycles. The third-order valence-corrected chi connectivity index (χ3v) is 10.1. The zero-order valence-corrected chi connectivity index (χ0v) is 27.2. The molecule has 4 heterocycles. The Kier molecular flexibility index (Phi) is 8.57. The molecule has 236 valence electrons. The number of H-pyrrole nitrogens is 1. The standard InChI is InChI=1S/C38H46N4O3/c1-23-16-24(2)18-29(17-23)35-34(25(3)20-39-15-14-26-6-10-28(11-7-26)36(43)44)31-19-33(40-21-32(31)41-35)38(4,5)37(45)42-22-27-8-12-30(42)13-9-27/h6-7,10-11,16-19,21,25,27,30,39,41H,8-9,12-15,20,22H2,1-5H3,(H,43,44)/t25-,27?,30?/m1/s1. The Bertz CT molecular complexity index is 1690. The van der Waals surface area contributed by atoms with Crippen LogP contribution in [0.2, 0.25) is 0 Å². The summed E-state index contributed by atoms with van der Waals surface area (Å²) >= 11 is 0. The second kappa shape index (κ2) is 12.4. The van der Waals surface area contributed by atoms with Gasteiger partial charge in [0.05, 0.1) is 34.1 Å². The summed E-state index contributed by atoms with van der Waals surface area (Å²) in [6.45, 7) is 13.0. The molecule has 3 aliphatic rings. The summed E-state index contributed by atoms with van der Waals surface area (Å²) in [5.41, 5.74) is 8.42. The van der Waals surface area contributed by atoms with E-state index in [4.69, 9.17) is 4.98 Å². The highest BCUT2D eigenvalue weighted by atomic mass is 16.4. The van der Waals surface area contributed by atoms with E-state index in [9.17, 15) is 14.7 Å². The van der Waals surface area contributed by atoms with Gasteiger partial charge in [0.15, 0.2) is 0 Å². The molecule has 0 unspecified atom stereocenters. The third kappa shape index (κ3) is 6.28. The number of nitrogens with zero attached hydrogens (tertiary/aromatic N) is 2. The van der Waals surface area contributed by atoms with Gasteiger partial charge in [-0.05, 0) is 125 Å². The van der Waals surface area contributed by atoms with Crippen LogP contribution in [-0.2, 0) is 16.6 Å². The molecule has 2 saturated heterocycles. The number of carbonyl (C=O) groups excluding carboxylic acids is 1. The molecule has 2 aliphatic heterocycles. The van der Waals surface area contributed by atoms with E-state index >= 15 is 0 Å². The first kappa shape index (κ1) is 31.0. The summed E-state index contributed by atoms with van der Waals surface area (Å²) in [4.78, 5) is 36.0. The highest BCUT2D eigenvalue weighted by Crippen LogP contribution is 2.40. The number of carbonyl (C=O) groups is 2. The number of aromatic carboxylic acids is 1. The van der Waals surface area contributed by atoms with E-state index in [0.717, 1.165) is 72.3 Å². The van der Waals surface area contributed by atoms with Gasteiger partial charge in [-0.3, -0.25) is 9.78 Å². The molecule has 7 nitrogen and oxygen atoms in total. The minimum Gasteiger partial charge on any atom is -0.478 e. The molecule has 1 atom stereocenters. The lowest BCUT2D eigenvalue weighted by Crippen LogP contribution is -2.55. The van der Waals surface area contributed by atoms with Crippen molar-refractivity contribution < 1.29 is 14.7 Å². The fourth-order valence-electron chi connectivity index (χ4n) is 7.57. The Morgan fingerprint density at radius 3 is 2.36 bits per heavy atom. The minimum atomic E-state index is -0.906. The lowest BCUT2D eigenvalue weighted by Gasteiger charge is -2.47. The van der Waals surface area contributed by atoms with Crippen molar-refractivity contribution in [3.8, 4) is 11.3 Å². The Labute approximate surface area is 266 Å². The molecule has 2 bridgehead atoms. The smallest absolute Gasteiger partial charge is 0.335 e. The van der Waals surface area contributed by atoms with Crippen molar-refractivity contribution in [2.45, 2.75) is 84.1 Å². The number of rotatable bonds is 10. The van der Waals surface area contributed by atoms with Crippen LogP contribution in [0.5, 0.6) is 0 Å². The number of carboxylic acid groups (broad SMARTS) is 1. The maximum atomic E-state index is 14.0. The van der Waals surface area contributed by atoms with E-state index < -0.39 is 11.4 Å². The van der Waals surface area contributed by atoms with E-state index in [1.54, 1.807) is 12.1 Å². The van der Waals surface area contributed by atoms with Crippen LogP contribution in [0.4, 0.5) is 0 Å². The second-order valence-electron chi connectivity index (χ2n) is 14.0. The first-order valence-electron chi connectivity index (χ1n) is 16.5. The number of carboxylic acids is 1. The van der Waals surface area contributed by atoms with Crippen LogP contribution in [0.3, 0.4) is 0 Å². The molecule has 4 aromatic rings. The van der Waals surface area contributed by atoms with Crippen LogP contribution in [0, 0.1) is 19.8 Å². The van der Waals surface area contributed by atoms with Gasteiger partial charge in [0, 0.05) is 24.5 Å². The molecule has 3 fully saturated rings. The number of piperidine rings is 2. The second-order valence-corrected chi connectivity index (χ2v) is 14.0. The van der Waals surface area contributed by atoms with Gasteiger partial charge in [0.2, 0.25) is 5.91 Å². The van der Waals surface area contributed by atoms with Crippen LogP contribution in [0.1, 0.15) is 90.7 Å². The predicted molar refractivity (Wildman–Crippen MR) is 180 cm³/mol. The SMILES string of the molecule is Cc1cc(C)cc(-c2[nH]c3cnc(C(C)(C)C(=O)N4CC5CCC4CC5)cc3c2[C@H](C)CNCCc2ccc(C(=O)O)cc2)c1. The Balaban J connectivity index is 1.29. The monoisotopic (exact) mass is 606 g/mol. The number of nitrogens with one attached hydrogen (secondary N) is 2. The van der Waals surface area contributed by atoms with E-state index in [-0.39, 0.29) is 11.8 Å². The first-order valence-corrected chi connectivity index (χ1v) is 16.5. The predicted octanol–water partition coefficient (Wildman–Crippen LogP) is 7.16. The molecule has 1 amide bonds. The van der Waals surface area contributed by atoms with Gasteiger partial charge in [-0.2, -0.15) is 0 Å². The van der Waals surface area contributed by atoms with Gasteiger partial charge < -0.3 is 20.3 Å². The molecule has 2 aromatic heterocycles. The van der Waals surface area contributed by atoms with E-state index in [1.165, 1.54) is 29.5 Å². The minimum absolute atomic E-state index is 0.177. The van der Waals surface area contributed by atoms with Gasteiger partial charge in [-0.25, -0.2) is 4.79 Å². The number of aryl methyl sites for hydroxylation is 2. The van der Waals surface area contributed by atoms with Crippen molar-refractivity contribution in [1.29, 1.82) is 0 Å². The molecular formula is C38H46N4O3. The lowest BCUT2D eigenvalue weighted by atomic mass is 9.77. The van der Waals surface area contributed by atoms with Crippen molar-refractivity contribution in [1.82, 2.24) is 20.2 Å². The molecule has 3 N–H and O–H groups in total. The van der Waals surface area contributed by atoms with Crippen molar-refractivity contribution in [2.24, 2.45) is 5.92 Å². The van der Waals surface area contributed by atoms with Crippen LogP contribution >= 0.6 is 0 Å². The molecule has 2 aromatic carbocycles. The fourth-order valence-corrected chi connectivity index (χ4v) is 7.57. The summed E-state index contributed by atoms with van der Waals surface area (Å²) < 4.78 is 0. The quantitative estimate of drug-likeness (QED) is 0.166. The average molecular weight is 607 g/mol. The van der Waals surface area contributed by atoms with Crippen LogP contribution in [0.25, 0.3) is 22.2 Å². The molecule has 45 heavy (non-hydrogen) atoms. The van der Waals surface area contributed by atoms with Crippen LogP contribution in [-0.4, -0.2) is 57.5 Å². The van der Waals surface area contributed by atoms with E-state index in [2.05, 4.69) is 60.2 Å². The van der Waals surface area contributed by atoms with Gasteiger partial charge in [-0.15, -0.1) is 0 Å². The zero-order valence-electron chi connectivity index (χ0n) is 27.2. The summed E-state index contributed by atoms with van der Waals surface area (Å²) in [7, 11) is 0. The molecule has 7 heteroatoms. The Hall–Kier alpha value is -3.97. The van der Waals surface area contributed by atoms with Crippen molar-refractivity contribution >= 4 is 22.8 Å². The topological polar surface area (TPSA) is 98.3 Å². The number of hydrogen-bond donors (Lipinski definition) is 3. The summed E-state index contributed by atoms with van der Waals surface area (Å²) in [5.74, 6) is 0.105.